The molecule has 1 aliphatic rings. The summed E-state index contributed by atoms with van der Waals surface area (Å²) in [5.74, 6) is 0.862. The number of anilines is 1. The molecule has 0 radical (unpaired) electrons. The molecule has 0 unspecified atom stereocenters. The van der Waals surface area contributed by atoms with Crippen molar-refractivity contribution in [1.29, 1.82) is 0 Å². The van der Waals surface area contributed by atoms with E-state index in [0.717, 1.165) is 72.8 Å². The van der Waals surface area contributed by atoms with E-state index in [0.29, 0.717) is 5.71 Å². The molecule has 0 bridgehead atoms. The molecule has 2 N–H and O–H groups in total. The number of hydrogen-bond donors (Lipinski definition) is 2. The van der Waals surface area contributed by atoms with E-state index >= 15 is 0 Å². The quantitative estimate of drug-likeness (QED) is 0.502. The van der Waals surface area contributed by atoms with Gasteiger partial charge < -0.3 is 15.1 Å². The summed E-state index contributed by atoms with van der Waals surface area (Å²) >= 11 is 0. The van der Waals surface area contributed by atoms with Gasteiger partial charge >= 0.3 is 0 Å². The zero-order chi connectivity index (χ0) is 20.2. The molecule has 4 aromatic rings. The van der Waals surface area contributed by atoms with Crippen LogP contribution in [-0.4, -0.2) is 49.2 Å². The summed E-state index contributed by atoms with van der Waals surface area (Å²) < 4.78 is 6.31. The summed E-state index contributed by atoms with van der Waals surface area (Å²) in [6.45, 7) is 6.26. The van der Waals surface area contributed by atoms with Crippen LogP contribution in [0.5, 0.6) is 0 Å². The molecular formula is C25H26N4O. The van der Waals surface area contributed by atoms with E-state index in [4.69, 9.17) is 4.42 Å². The Bertz CT molecular complexity index is 1100. The molecule has 5 rings (SSSR count). The molecule has 5 nitrogen and oxygen atoms in total. The van der Waals surface area contributed by atoms with Gasteiger partial charge in [0, 0.05) is 62.3 Å². The second-order valence-electron chi connectivity index (χ2n) is 7.60. The van der Waals surface area contributed by atoms with E-state index in [9.17, 15) is 0 Å². The van der Waals surface area contributed by atoms with Gasteiger partial charge in [-0.25, -0.2) is 4.98 Å². The van der Waals surface area contributed by atoms with E-state index in [1.807, 2.05) is 30.5 Å². The third kappa shape index (κ3) is 3.82. The number of rotatable bonds is 6. The van der Waals surface area contributed by atoms with E-state index in [1.165, 1.54) is 0 Å². The minimum atomic E-state index is 0.667. The highest BCUT2D eigenvalue weighted by atomic mass is 16.3. The topological polar surface area (TPSA) is 53.3 Å². The number of nitrogens with one attached hydrogen (secondary N) is 2. The van der Waals surface area contributed by atoms with E-state index < -0.39 is 0 Å². The van der Waals surface area contributed by atoms with Gasteiger partial charge in [-0.05, 0) is 11.6 Å². The Morgan fingerprint density at radius 3 is 2.33 bits per heavy atom. The van der Waals surface area contributed by atoms with Gasteiger partial charge in [0.05, 0.1) is 5.39 Å². The van der Waals surface area contributed by atoms with Crippen molar-refractivity contribution < 1.29 is 4.42 Å². The monoisotopic (exact) mass is 398 g/mol. The van der Waals surface area contributed by atoms with Gasteiger partial charge in [0.2, 0.25) is 5.71 Å². The zero-order valence-electron chi connectivity index (χ0n) is 17.0. The van der Waals surface area contributed by atoms with Gasteiger partial charge in [-0.15, -0.1) is 0 Å². The SMILES string of the molecule is c1ccc(-c2oc3nccc(NCCN4CCNCC4)c3c2-c2ccccc2)cc1. The largest absolute Gasteiger partial charge is 0.437 e. The van der Waals surface area contributed by atoms with Crippen molar-refractivity contribution in [2.45, 2.75) is 0 Å². The molecule has 30 heavy (non-hydrogen) atoms. The molecule has 1 aliphatic heterocycles. The lowest BCUT2D eigenvalue weighted by Gasteiger charge is -2.27. The molecule has 0 saturated carbocycles. The van der Waals surface area contributed by atoms with Gasteiger partial charge in [0.25, 0.3) is 0 Å². The van der Waals surface area contributed by atoms with E-state index in [-0.39, 0.29) is 0 Å². The van der Waals surface area contributed by atoms with E-state index in [1.54, 1.807) is 0 Å². The second-order valence-corrected chi connectivity index (χ2v) is 7.60. The Hall–Kier alpha value is -3.15. The van der Waals surface area contributed by atoms with Crippen LogP contribution in [0.4, 0.5) is 5.69 Å². The number of aromatic nitrogens is 1. The molecule has 2 aromatic heterocycles. The first-order valence-electron chi connectivity index (χ1n) is 10.6. The van der Waals surface area contributed by atoms with E-state index in [2.05, 4.69) is 63.0 Å². The third-order valence-electron chi connectivity index (χ3n) is 5.64. The Balaban J connectivity index is 1.54. The van der Waals surface area contributed by atoms with Crippen LogP contribution >= 0.6 is 0 Å². The molecule has 0 atom stereocenters. The smallest absolute Gasteiger partial charge is 0.229 e. The first-order valence-corrected chi connectivity index (χ1v) is 10.6. The van der Waals surface area contributed by atoms with Gasteiger partial charge in [-0.2, -0.15) is 0 Å². The standard InChI is InChI=1S/C25H26N4O/c1-3-7-19(8-4-1)22-23-21(27-15-18-29-16-13-26-14-17-29)11-12-28-25(23)30-24(22)20-9-5-2-6-10-20/h1-12,26H,13-18H2,(H,27,28). The van der Waals surface area contributed by atoms with Crippen molar-refractivity contribution in [2.24, 2.45) is 0 Å². The van der Waals surface area contributed by atoms with Crippen LogP contribution in [-0.2, 0) is 0 Å². The molecule has 0 amide bonds. The zero-order valence-corrected chi connectivity index (χ0v) is 17.0. The van der Waals surface area contributed by atoms with Gasteiger partial charge in [-0.1, -0.05) is 60.7 Å². The highest BCUT2D eigenvalue weighted by molar-refractivity contribution is 6.06. The number of pyridine rings is 1. The maximum atomic E-state index is 6.31. The van der Waals surface area contributed by atoms with Gasteiger partial charge in [0.1, 0.15) is 5.76 Å². The highest BCUT2D eigenvalue weighted by Gasteiger charge is 2.21. The fraction of sp³-hybridized carbons (Fsp3) is 0.240. The van der Waals surface area contributed by atoms with Gasteiger partial charge in [-0.3, -0.25) is 4.90 Å². The van der Waals surface area contributed by atoms with Crippen LogP contribution in [0.1, 0.15) is 0 Å². The molecule has 2 aromatic carbocycles. The predicted molar refractivity (Wildman–Crippen MR) is 123 cm³/mol. The van der Waals surface area contributed by atoms with Crippen molar-refractivity contribution in [2.75, 3.05) is 44.6 Å². The summed E-state index contributed by atoms with van der Waals surface area (Å²) in [4.78, 5) is 7.04. The van der Waals surface area contributed by atoms with Crippen LogP contribution in [0, 0.1) is 0 Å². The van der Waals surface area contributed by atoms with Gasteiger partial charge in [0.15, 0.2) is 0 Å². The average Bonchev–Trinajstić information content (AvgIpc) is 3.21. The number of benzene rings is 2. The van der Waals surface area contributed by atoms with Crippen LogP contribution in [0.25, 0.3) is 33.6 Å². The molecule has 0 spiro atoms. The fourth-order valence-corrected chi connectivity index (χ4v) is 4.13. The van der Waals surface area contributed by atoms with Crippen molar-refractivity contribution in [1.82, 2.24) is 15.2 Å². The lowest BCUT2D eigenvalue weighted by Crippen LogP contribution is -2.45. The summed E-state index contributed by atoms with van der Waals surface area (Å²) in [5, 5.41) is 8.10. The van der Waals surface area contributed by atoms with Crippen LogP contribution in [0.2, 0.25) is 0 Å². The maximum Gasteiger partial charge on any atom is 0.229 e. The van der Waals surface area contributed by atoms with Crippen molar-refractivity contribution in [3.63, 3.8) is 0 Å². The number of furan rings is 1. The highest BCUT2D eigenvalue weighted by Crippen LogP contribution is 2.42. The Morgan fingerprint density at radius 2 is 1.60 bits per heavy atom. The first-order chi connectivity index (χ1) is 14.9. The third-order valence-corrected chi connectivity index (χ3v) is 5.64. The first kappa shape index (κ1) is 18.9. The summed E-state index contributed by atoms with van der Waals surface area (Å²) in [5.41, 5.74) is 5.02. The lowest BCUT2D eigenvalue weighted by atomic mass is 9.98. The average molecular weight is 399 g/mol. The van der Waals surface area contributed by atoms with Crippen LogP contribution < -0.4 is 10.6 Å². The molecule has 1 fully saturated rings. The fourth-order valence-electron chi connectivity index (χ4n) is 4.13. The molecule has 152 valence electrons. The van der Waals surface area contributed by atoms with Crippen LogP contribution in [0.15, 0.2) is 77.3 Å². The lowest BCUT2D eigenvalue weighted by molar-refractivity contribution is 0.249. The summed E-state index contributed by atoms with van der Waals surface area (Å²) in [7, 11) is 0. The molecule has 5 heteroatoms. The normalized spacial score (nSPS) is 14.8. The number of nitrogens with zero attached hydrogens (tertiary/aromatic N) is 2. The predicted octanol–water partition coefficient (Wildman–Crippen LogP) is 4.48. The molecule has 0 aliphatic carbocycles. The van der Waals surface area contributed by atoms with Crippen molar-refractivity contribution in [3.05, 3.63) is 72.9 Å². The molecular weight excluding hydrogens is 372 g/mol. The second kappa shape index (κ2) is 8.69. The molecule has 1 saturated heterocycles. The summed E-state index contributed by atoms with van der Waals surface area (Å²) in [6, 6.07) is 22.8. The Kier molecular flexibility index (Phi) is 5.46. The Morgan fingerprint density at radius 1 is 0.900 bits per heavy atom. The number of piperazine rings is 1. The summed E-state index contributed by atoms with van der Waals surface area (Å²) in [6.07, 6.45) is 1.82. The van der Waals surface area contributed by atoms with Crippen LogP contribution in [0.3, 0.4) is 0 Å². The number of hydrogen-bond acceptors (Lipinski definition) is 5. The molecule has 3 heterocycles. The minimum absolute atomic E-state index is 0.667. The minimum Gasteiger partial charge on any atom is -0.437 e. The number of fused-ring (bicyclic) bond motifs is 1. The van der Waals surface area contributed by atoms with Crippen molar-refractivity contribution >= 4 is 16.8 Å². The van der Waals surface area contributed by atoms with Crippen molar-refractivity contribution in [3.8, 4) is 22.5 Å². The maximum absolute atomic E-state index is 6.31. The Labute approximate surface area is 176 Å².